The molecule has 1 fully saturated rings. The molecule has 0 radical (unpaired) electrons. The Morgan fingerprint density at radius 3 is 1.25 bits per heavy atom. The van der Waals surface area contributed by atoms with Gasteiger partial charge in [-0.1, -0.05) is 248 Å². The number of unbranched alkanes of at least 4 members (excludes halogenated alkanes) is 31. The van der Waals surface area contributed by atoms with E-state index in [1.165, 1.54) is 135 Å². The van der Waals surface area contributed by atoms with E-state index in [2.05, 4.69) is 81.5 Å². The van der Waals surface area contributed by atoms with Gasteiger partial charge in [-0.05, 0) is 83.5 Å². The molecule has 0 aliphatic carbocycles. The van der Waals surface area contributed by atoms with Crippen LogP contribution in [0.4, 0.5) is 0 Å². The van der Waals surface area contributed by atoms with Crippen molar-refractivity contribution >= 4 is 23.9 Å². The second-order valence-electron chi connectivity index (χ2n) is 22.0. The van der Waals surface area contributed by atoms with Crippen molar-refractivity contribution in [1.29, 1.82) is 0 Å². The summed E-state index contributed by atoms with van der Waals surface area (Å²) in [6, 6.07) is 0. The van der Waals surface area contributed by atoms with Crippen LogP contribution in [0.3, 0.4) is 0 Å². The molecule has 1 saturated heterocycles. The molecule has 12 nitrogen and oxygen atoms in total. The number of rotatable bonds is 55. The molecule has 1 aliphatic heterocycles. The molecule has 456 valence electrons. The Balaban J connectivity index is 2.64. The first-order valence-corrected chi connectivity index (χ1v) is 32.3. The second-order valence-corrected chi connectivity index (χ2v) is 22.0. The molecule has 0 saturated carbocycles. The number of hydrogen-bond donors (Lipinski definition) is 3. The fraction of sp³-hybridized carbons (Fsp3) is 0.791. The number of aliphatic hydroxyl groups excluding tert-OH is 2. The fourth-order valence-corrected chi connectivity index (χ4v) is 9.65. The summed E-state index contributed by atoms with van der Waals surface area (Å²) in [6.07, 6.45) is 56.1. The van der Waals surface area contributed by atoms with E-state index in [4.69, 9.17) is 23.7 Å². The van der Waals surface area contributed by atoms with Crippen LogP contribution >= 0.6 is 0 Å². The van der Waals surface area contributed by atoms with Gasteiger partial charge in [0, 0.05) is 19.3 Å². The van der Waals surface area contributed by atoms with E-state index in [1.807, 2.05) is 0 Å². The molecule has 6 atom stereocenters. The van der Waals surface area contributed by atoms with E-state index < -0.39 is 67.3 Å². The van der Waals surface area contributed by atoms with Crippen molar-refractivity contribution in [2.24, 2.45) is 0 Å². The third-order valence-corrected chi connectivity index (χ3v) is 14.6. The molecule has 79 heavy (non-hydrogen) atoms. The Morgan fingerprint density at radius 1 is 0.430 bits per heavy atom. The number of aliphatic hydroxyl groups is 2. The lowest BCUT2D eigenvalue weighted by Gasteiger charge is -2.40. The summed E-state index contributed by atoms with van der Waals surface area (Å²) in [5, 5.41) is 31.6. The zero-order chi connectivity index (χ0) is 57.5. The van der Waals surface area contributed by atoms with E-state index in [0.29, 0.717) is 19.3 Å². The Labute approximate surface area is 481 Å². The van der Waals surface area contributed by atoms with Gasteiger partial charge in [-0.25, -0.2) is 4.79 Å². The summed E-state index contributed by atoms with van der Waals surface area (Å²) in [5.41, 5.74) is 0. The van der Waals surface area contributed by atoms with Gasteiger partial charge in [-0.2, -0.15) is 0 Å². The Kier molecular flexibility index (Phi) is 51.1. The maximum atomic E-state index is 13.2. The van der Waals surface area contributed by atoms with Gasteiger partial charge in [-0.15, -0.1) is 0 Å². The third kappa shape index (κ3) is 44.7. The number of allylic oxidation sites excluding steroid dienone is 10. The molecule has 6 unspecified atom stereocenters. The van der Waals surface area contributed by atoms with Crippen LogP contribution in [0.15, 0.2) is 60.8 Å². The maximum absolute atomic E-state index is 13.2. The highest BCUT2D eigenvalue weighted by Crippen LogP contribution is 2.27. The van der Waals surface area contributed by atoms with Crippen LogP contribution in [0.1, 0.15) is 290 Å². The molecule has 1 heterocycles. The molecular weight excluding hydrogens is 997 g/mol. The maximum Gasteiger partial charge on any atom is 0.335 e. The minimum Gasteiger partial charge on any atom is -0.479 e. The van der Waals surface area contributed by atoms with Crippen molar-refractivity contribution in [3.8, 4) is 0 Å². The average Bonchev–Trinajstić information content (AvgIpc) is 3.44. The van der Waals surface area contributed by atoms with Crippen molar-refractivity contribution < 1.29 is 58.2 Å². The van der Waals surface area contributed by atoms with Gasteiger partial charge in [0.25, 0.3) is 0 Å². The van der Waals surface area contributed by atoms with Crippen LogP contribution in [0.5, 0.6) is 0 Å². The molecule has 1 rings (SSSR count). The summed E-state index contributed by atoms with van der Waals surface area (Å²) < 4.78 is 28.5. The first-order valence-electron chi connectivity index (χ1n) is 32.3. The van der Waals surface area contributed by atoms with E-state index in [1.54, 1.807) is 0 Å². The summed E-state index contributed by atoms with van der Waals surface area (Å²) in [6.45, 7) is 5.86. The number of carboxylic acid groups (broad SMARTS) is 1. The van der Waals surface area contributed by atoms with Crippen molar-refractivity contribution in [2.75, 3.05) is 13.2 Å². The van der Waals surface area contributed by atoms with Crippen molar-refractivity contribution in [3.63, 3.8) is 0 Å². The first-order chi connectivity index (χ1) is 38.6. The Morgan fingerprint density at radius 2 is 0.797 bits per heavy atom. The lowest BCUT2D eigenvalue weighted by atomic mass is 9.98. The largest absolute Gasteiger partial charge is 0.479 e. The topological polar surface area (TPSA) is 175 Å². The molecule has 1 aliphatic rings. The van der Waals surface area contributed by atoms with Gasteiger partial charge >= 0.3 is 23.9 Å². The van der Waals surface area contributed by atoms with Gasteiger partial charge in [0.1, 0.15) is 18.8 Å². The van der Waals surface area contributed by atoms with E-state index in [-0.39, 0.29) is 25.9 Å². The normalized spacial score (nSPS) is 18.2. The average molecular weight is 1110 g/mol. The van der Waals surface area contributed by atoms with Crippen LogP contribution in [-0.2, 0) is 42.9 Å². The number of hydrogen-bond acceptors (Lipinski definition) is 11. The van der Waals surface area contributed by atoms with Gasteiger partial charge in [-0.3, -0.25) is 14.4 Å². The summed E-state index contributed by atoms with van der Waals surface area (Å²) in [7, 11) is 0. The smallest absolute Gasteiger partial charge is 0.335 e. The van der Waals surface area contributed by atoms with Gasteiger partial charge < -0.3 is 39.0 Å². The number of ether oxygens (including phenoxy) is 5. The highest BCUT2D eigenvalue weighted by Gasteiger charge is 2.50. The molecule has 0 spiro atoms. The number of aliphatic carboxylic acids is 1. The number of esters is 3. The monoisotopic (exact) mass is 1110 g/mol. The summed E-state index contributed by atoms with van der Waals surface area (Å²) >= 11 is 0. The Hall–Kier alpha value is -3.58. The van der Waals surface area contributed by atoms with Crippen molar-refractivity contribution in [3.05, 3.63) is 60.8 Å². The lowest BCUT2D eigenvalue weighted by Crippen LogP contribution is -2.61. The van der Waals surface area contributed by atoms with Crippen LogP contribution in [0, 0.1) is 0 Å². The van der Waals surface area contributed by atoms with E-state index >= 15 is 0 Å². The van der Waals surface area contributed by atoms with Crippen LogP contribution in [0.2, 0.25) is 0 Å². The molecule has 0 aromatic carbocycles. The molecule has 3 N–H and O–H groups in total. The number of carboxylic acids is 1. The number of carbonyl (C=O) groups excluding carboxylic acids is 3. The molecule has 12 heteroatoms. The zero-order valence-corrected chi connectivity index (χ0v) is 50.4. The standard InChI is InChI=1S/C67H116O12/c1-4-7-10-13-16-19-22-25-27-29-30-32-33-36-38-41-44-47-50-53-59(68)75-56-58(77-60(69)54-51-48-45-42-39-35-24-21-18-15-12-9-6-3)57-76-67-65(63(72)62(71)64(79-67)66(73)74)78-61(70)55-52-49-46-43-40-37-34-31-28-26-23-20-17-14-11-8-5-2/h9,12,16,18-19,21,25,27,35,39,58,62-65,67,71-72H,4-8,10-11,13-15,17,20,22-24,26,28-34,36-38,40-57H2,1-3H3,(H,73,74)/b12-9-,19-16-,21-18-,27-25-,39-35-. The number of carbonyl (C=O) groups is 4. The quantitative estimate of drug-likeness (QED) is 0.0228. The third-order valence-electron chi connectivity index (χ3n) is 14.6. The second kappa shape index (κ2) is 55.0. The molecule has 0 aromatic rings. The van der Waals surface area contributed by atoms with Crippen molar-refractivity contribution in [1.82, 2.24) is 0 Å². The summed E-state index contributed by atoms with van der Waals surface area (Å²) in [4.78, 5) is 51.3. The fourth-order valence-electron chi connectivity index (χ4n) is 9.65. The predicted molar refractivity (Wildman–Crippen MR) is 322 cm³/mol. The summed E-state index contributed by atoms with van der Waals surface area (Å²) in [5.74, 6) is -3.14. The van der Waals surface area contributed by atoms with E-state index in [9.17, 15) is 34.5 Å². The van der Waals surface area contributed by atoms with Gasteiger partial charge in [0.05, 0.1) is 6.61 Å². The minimum absolute atomic E-state index is 0.0598. The minimum atomic E-state index is -1.91. The SMILES string of the molecule is CC/C=C\C/C=C\C/C=C\CCCCCC(=O)OC(COC(=O)CCCCCCCCCCC/C=C\C/C=C\CCCCC)COC1OC(C(=O)O)C(O)C(O)C1OC(=O)CCCCCCCCCCCCCCCCCCC. The highest BCUT2D eigenvalue weighted by atomic mass is 16.7. The van der Waals surface area contributed by atoms with Crippen LogP contribution in [-0.4, -0.2) is 89.2 Å². The lowest BCUT2D eigenvalue weighted by molar-refractivity contribution is -0.301. The van der Waals surface area contributed by atoms with E-state index in [0.717, 1.165) is 96.3 Å². The van der Waals surface area contributed by atoms with Gasteiger partial charge in [0.2, 0.25) is 0 Å². The van der Waals surface area contributed by atoms with Crippen LogP contribution < -0.4 is 0 Å². The van der Waals surface area contributed by atoms with Crippen LogP contribution in [0.25, 0.3) is 0 Å². The Bertz CT molecular complexity index is 1600. The predicted octanol–water partition coefficient (Wildman–Crippen LogP) is 17.1. The highest BCUT2D eigenvalue weighted by molar-refractivity contribution is 5.74. The molecule has 0 aromatic heterocycles. The van der Waals surface area contributed by atoms with Crippen molar-refractivity contribution in [2.45, 2.75) is 327 Å². The molecular formula is C67H116O12. The van der Waals surface area contributed by atoms with Gasteiger partial charge in [0.15, 0.2) is 24.6 Å². The molecule has 0 bridgehead atoms. The first kappa shape index (κ1) is 73.4. The zero-order valence-electron chi connectivity index (χ0n) is 50.4. The molecule has 0 amide bonds.